The van der Waals surface area contributed by atoms with E-state index >= 15 is 0 Å². The lowest BCUT2D eigenvalue weighted by Gasteiger charge is -2.12. The zero-order valence-corrected chi connectivity index (χ0v) is 21.2. The third kappa shape index (κ3) is 6.11. The lowest BCUT2D eigenvalue weighted by molar-refractivity contribution is -0.113. The number of fused-ring (bicyclic) bond motifs is 1. The second kappa shape index (κ2) is 11.2. The van der Waals surface area contributed by atoms with Crippen LogP contribution in [0.3, 0.4) is 0 Å². The van der Waals surface area contributed by atoms with E-state index in [0.29, 0.717) is 24.5 Å². The third-order valence-electron chi connectivity index (χ3n) is 5.64. The molecule has 6 nitrogen and oxygen atoms in total. The largest absolute Gasteiger partial charge is 0.497 e. The van der Waals surface area contributed by atoms with Crippen molar-refractivity contribution >= 4 is 45.5 Å². The summed E-state index contributed by atoms with van der Waals surface area (Å²) in [5, 5.41) is 3.79. The fourth-order valence-corrected chi connectivity index (χ4v) is 4.48. The summed E-state index contributed by atoms with van der Waals surface area (Å²) in [5.74, 6) is 1.54. The predicted octanol–water partition coefficient (Wildman–Crippen LogP) is 6.64. The van der Waals surface area contributed by atoms with Crippen molar-refractivity contribution in [3.63, 3.8) is 0 Å². The number of thioether (sulfide) groups is 1. The average molecular weight is 488 g/mol. The van der Waals surface area contributed by atoms with Gasteiger partial charge in [-0.3, -0.25) is 9.79 Å². The van der Waals surface area contributed by atoms with Crippen LogP contribution in [0.2, 0.25) is 0 Å². The summed E-state index contributed by atoms with van der Waals surface area (Å²) in [5.41, 5.74) is 6.49. The summed E-state index contributed by atoms with van der Waals surface area (Å²) >= 11 is 1.42. The number of hydrogen-bond donors (Lipinski definition) is 1. The Morgan fingerprint density at radius 1 is 1.00 bits per heavy atom. The molecule has 4 rings (SSSR count). The molecule has 1 aliphatic rings. The molecule has 0 radical (unpaired) electrons. The summed E-state index contributed by atoms with van der Waals surface area (Å²) in [6.07, 6.45) is 0.521. The van der Waals surface area contributed by atoms with Crippen molar-refractivity contribution in [2.75, 3.05) is 24.8 Å². The molecule has 0 fully saturated rings. The van der Waals surface area contributed by atoms with Gasteiger partial charge in [0.25, 0.3) is 0 Å². The second-order valence-corrected chi connectivity index (χ2v) is 9.21. The van der Waals surface area contributed by atoms with Crippen molar-refractivity contribution in [1.82, 2.24) is 0 Å². The minimum absolute atomic E-state index is 0.116. The molecule has 0 spiro atoms. The quantitative estimate of drug-likeness (QED) is 0.406. The van der Waals surface area contributed by atoms with Gasteiger partial charge in [0.05, 0.1) is 47.3 Å². The molecule has 0 atom stereocenters. The van der Waals surface area contributed by atoms with Gasteiger partial charge in [-0.05, 0) is 68.3 Å². The first kappa shape index (κ1) is 24.5. The number of para-hydroxylation sites is 2. The number of aryl methyl sites for hydroxylation is 2. The minimum atomic E-state index is -0.116. The van der Waals surface area contributed by atoms with E-state index in [9.17, 15) is 4.79 Å². The van der Waals surface area contributed by atoms with E-state index in [1.807, 2.05) is 55.5 Å². The summed E-state index contributed by atoms with van der Waals surface area (Å²) in [4.78, 5) is 22.7. The van der Waals surface area contributed by atoms with Gasteiger partial charge < -0.3 is 14.8 Å². The van der Waals surface area contributed by atoms with Gasteiger partial charge in [-0.25, -0.2) is 4.99 Å². The molecule has 180 valence electrons. The van der Waals surface area contributed by atoms with Crippen molar-refractivity contribution in [2.24, 2.45) is 9.98 Å². The number of amides is 1. The van der Waals surface area contributed by atoms with Gasteiger partial charge in [-0.1, -0.05) is 24.3 Å². The molecular formula is C28H29N3O3S. The molecular weight excluding hydrogens is 458 g/mol. The summed E-state index contributed by atoms with van der Waals surface area (Å²) in [6.45, 7) is 6.59. The Balaban J connectivity index is 1.58. The molecule has 35 heavy (non-hydrogen) atoms. The highest BCUT2D eigenvalue weighted by atomic mass is 32.2. The Labute approximate surface area is 210 Å². The Bertz CT molecular complexity index is 1300. The lowest BCUT2D eigenvalue weighted by Crippen LogP contribution is -2.17. The van der Waals surface area contributed by atoms with Gasteiger partial charge >= 0.3 is 0 Å². The van der Waals surface area contributed by atoms with E-state index in [-0.39, 0.29) is 11.7 Å². The molecule has 0 saturated carbocycles. The molecule has 0 bridgehead atoms. The molecule has 7 heteroatoms. The standard InChI is InChI=1S/C28H29N3O3S/c1-5-34-26-12-7-6-11-22(26)30-27(32)17-35-28-16-23(20-9-8-10-21(15-20)33-4)29-24-13-18(2)19(3)14-25(24)31-28/h6-15H,5,16-17H2,1-4H3,(H,30,32). The third-order valence-corrected chi connectivity index (χ3v) is 6.62. The monoisotopic (exact) mass is 487 g/mol. The normalized spacial score (nSPS) is 12.7. The summed E-state index contributed by atoms with van der Waals surface area (Å²) in [7, 11) is 1.65. The molecule has 1 N–H and O–H groups in total. The maximum Gasteiger partial charge on any atom is 0.234 e. The SMILES string of the molecule is CCOc1ccccc1NC(=O)CSC1=Nc2cc(C)c(C)cc2N=C(c2cccc(OC)c2)C1. The number of benzene rings is 3. The number of rotatable bonds is 7. The van der Waals surface area contributed by atoms with Gasteiger partial charge in [0.1, 0.15) is 11.5 Å². The van der Waals surface area contributed by atoms with Crippen LogP contribution in [0.5, 0.6) is 11.5 Å². The van der Waals surface area contributed by atoms with Crippen molar-refractivity contribution < 1.29 is 14.3 Å². The van der Waals surface area contributed by atoms with Crippen LogP contribution in [-0.4, -0.2) is 36.1 Å². The molecule has 3 aromatic rings. The highest BCUT2D eigenvalue weighted by Crippen LogP contribution is 2.36. The first-order valence-corrected chi connectivity index (χ1v) is 12.5. The zero-order valence-electron chi connectivity index (χ0n) is 20.4. The number of carbonyl (C=O) groups excluding carboxylic acids is 1. The Morgan fingerprint density at radius 3 is 2.49 bits per heavy atom. The van der Waals surface area contributed by atoms with Crippen LogP contribution in [0.15, 0.2) is 70.6 Å². The molecule has 0 aliphatic carbocycles. The minimum Gasteiger partial charge on any atom is -0.497 e. The number of nitrogens with zero attached hydrogens (tertiary/aromatic N) is 2. The zero-order chi connectivity index (χ0) is 24.8. The predicted molar refractivity (Wildman–Crippen MR) is 146 cm³/mol. The van der Waals surface area contributed by atoms with Crippen LogP contribution < -0.4 is 14.8 Å². The van der Waals surface area contributed by atoms with E-state index < -0.39 is 0 Å². The van der Waals surface area contributed by atoms with Gasteiger partial charge in [0, 0.05) is 12.0 Å². The molecule has 1 aliphatic heterocycles. The number of hydrogen-bond acceptors (Lipinski definition) is 6. The van der Waals surface area contributed by atoms with Crippen LogP contribution in [-0.2, 0) is 4.79 Å². The molecule has 1 amide bonds. The number of methoxy groups -OCH3 is 1. The van der Waals surface area contributed by atoms with E-state index in [0.717, 1.165) is 44.6 Å². The number of anilines is 1. The molecule has 0 aromatic heterocycles. The Morgan fingerprint density at radius 2 is 1.74 bits per heavy atom. The number of nitrogens with one attached hydrogen (secondary N) is 1. The van der Waals surface area contributed by atoms with Crippen molar-refractivity contribution in [3.8, 4) is 11.5 Å². The van der Waals surface area contributed by atoms with Crippen molar-refractivity contribution in [1.29, 1.82) is 0 Å². The lowest BCUT2D eigenvalue weighted by atomic mass is 10.1. The fraction of sp³-hybridized carbons (Fsp3) is 0.250. The molecule has 3 aromatic carbocycles. The summed E-state index contributed by atoms with van der Waals surface area (Å²) in [6, 6.07) is 19.4. The number of aliphatic imine (C=N–C) groups is 2. The van der Waals surface area contributed by atoms with E-state index in [1.54, 1.807) is 7.11 Å². The van der Waals surface area contributed by atoms with E-state index in [1.165, 1.54) is 11.8 Å². The average Bonchev–Trinajstić information content (AvgIpc) is 3.03. The second-order valence-electron chi connectivity index (χ2n) is 8.16. The van der Waals surface area contributed by atoms with Gasteiger partial charge in [-0.15, -0.1) is 11.8 Å². The van der Waals surface area contributed by atoms with Crippen LogP contribution in [0.1, 0.15) is 30.0 Å². The topological polar surface area (TPSA) is 72.3 Å². The molecule has 1 heterocycles. The van der Waals surface area contributed by atoms with Crippen LogP contribution in [0, 0.1) is 13.8 Å². The van der Waals surface area contributed by atoms with Crippen molar-refractivity contribution in [2.45, 2.75) is 27.2 Å². The Hall–Kier alpha value is -3.58. The van der Waals surface area contributed by atoms with Crippen molar-refractivity contribution in [3.05, 3.63) is 77.4 Å². The number of carbonyl (C=O) groups is 1. The maximum atomic E-state index is 12.8. The molecule has 0 unspecified atom stereocenters. The van der Waals surface area contributed by atoms with Gasteiger partial charge in [-0.2, -0.15) is 0 Å². The van der Waals surface area contributed by atoms with E-state index in [2.05, 4.69) is 31.3 Å². The highest BCUT2D eigenvalue weighted by Gasteiger charge is 2.18. The van der Waals surface area contributed by atoms with Crippen LogP contribution in [0.4, 0.5) is 17.1 Å². The first-order chi connectivity index (χ1) is 17.0. The molecule has 0 saturated heterocycles. The van der Waals surface area contributed by atoms with E-state index in [4.69, 9.17) is 19.5 Å². The maximum absolute atomic E-state index is 12.8. The highest BCUT2D eigenvalue weighted by molar-refractivity contribution is 8.14. The van der Waals surface area contributed by atoms with Crippen LogP contribution in [0.25, 0.3) is 0 Å². The van der Waals surface area contributed by atoms with Crippen LogP contribution >= 0.6 is 11.8 Å². The fourth-order valence-electron chi connectivity index (χ4n) is 3.71. The van der Waals surface area contributed by atoms with Gasteiger partial charge in [0.15, 0.2) is 0 Å². The Kier molecular flexibility index (Phi) is 7.87. The number of ether oxygens (including phenoxy) is 2. The summed E-state index contributed by atoms with van der Waals surface area (Å²) < 4.78 is 11.0. The first-order valence-electron chi connectivity index (χ1n) is 11.5. The van der Waals surface area contributed by atoms with Gasteiger partial charge in [0.2, 0.25) is 5.91 Å². The smallest absolute Gasteiger partial charge is 0.234 e.